The Morgan fingerprint density at radius 2 is 1.74 bits per heavy atom. The Hall–Kier alpha value is -4.66. The summed E-state index contributed by atoms with van der Waals surface area (Å²) in [6, 6.07) is 17.8. The molecular formula is C25H21N9. The number of benzene rings is 2. The molecule has 2 aromatic carbocycles. The second kappa shape index (κ2) is 7.73. The maximum Gasteiger partial charge on any atom is 0.221 e. The van der Waals surface area contributed by atoms with E-state index in [9.17, 15) is 0 Å². The highest BCUT2D eigenvalue weighted by Gasteiger charge is 2.17. The minimum atomic E-state index is -0.0941. The first-order chi connectivity index (χ1) is 16.5. The summed E-state index contributed by atoms with van der Waals surface area (Å²) in [6.45, 7) is 2.07. The summed E-state index contributed by atoms with van der Waals surface area (Å²) in [5.74, 6) is 0. The molecule has 0 spiro atoms. The first-order valence-corrected chi connectivity index (χ1v) is 10.9. The first-order valence-electron chi connectivity index (χ1n) is 10.9. The summed E-state index contributed by atoms with van der Waals surface area (Å²) >= 11 is 0. The van der Waals surface area contributed by atoms with Crippen LogP contribution in [0, 0.1) is 0 Å². The van der Waals surface area contributed by atoms with E-state index < -0.39 is 0 Å². The minimum absolute atomic E-state index is 0.0941. The predicted octanol–water partition coefficient (Wildman–Crippen LogP) is 4.03. The third-order valence-corrected chi connectivity index (χ3v) is 5.96. The normalized spacial score (nSPS) is 12.4. The summed E-state index contributed by atoms with van der Waals surface area (Å²) in [7, 11) is 1.90. The largest absolute Gasteiger partial charge is 0.399 e. The molecule has 1 atom stereocenters. The lowest BCUT2D eigenvalue weighted by Crippen LogP contribution is -2.09. The molecule has 166 valence electrons. The van der Waals surface area contributed by atoms with E-state index in [1.54, 1.807) is 10.9 Å². The van der Waals surface area contributed by atoms with Crippen molar-refractivity contribution in [1.29, 1.82) is 0 Å². The number of hydrogen-bond acceptors (Lipinski definition) is 7. The van der Waals surface area contributed by atoms with Gasteiger partial charge < -0.3 is 5.73 Å². The van der Waals surface area contributed by atoms with Crippen molar-refractivity contribution in [3.05, 3.63) is 78.8 Å². The molecule has 0 aliphatic heterocycles. The fraction of sp³-hybridized carbons (Fsp3) is 0.120. The third-order valence-electron chi connectivity index (χ3n) is 5.96. The van der Waals surface area contributed by atoms with E-state index in [1.165, 1.54) is 0 Å². The van der Waals surface area contributed by atoms with Gasteiger partial charge in [-0.2, -0.15) is 5.10 Å². The molecule has 0 bridgehead atoms. The van der Waals surface area contributed by atoms with Gasteiger partial charge in [0.2, 0.25) is 5.65 Å². The Balaban J connectivity index is 1.36. The van der Waals surface area contributed by atoms with Gasteiger partial charge in [-0.15, -0.1) is 5.10 Å². The van der Waals surface area contributed by atoms with Gasteiger partial charge in [-0.3, -0.25) is 4.68 Å². The molecule has 0 amide bonds. The number of rotatable bonds is 4. The van der Waals surface area contributed by atoms with E-state index in [2.05, 4.69) is 45.5 Å². The van der Waals surface area contributed by atoms with Gasteiger partial charge in [-0.25, -0.2) is 19.6 Å². The number of fused-ring (bicyclic) bond motifs is 2. The fourth-order valence-corrected chi connectivity index (χ4v) is 4.04. The number of hydrogen-bond donors (Lipinski definition) is 1. The summed E-state index contributed by atoms with van der Waals surface area (Å²) in [6.07, 6.45) is 5.49. The number of nitrogens with zero attached hydrogens (tertiary/aromatic N) is 8. The van der Waals surface area contributed by atoms with Crippen molar-refractivity contribution < 1.29 is 0 Å². The van der Waals surface area contributed by atoms with Crippen LogP contribution in [0.2, 0.25) is 0 Å². The van der Waals surface area contributed by atoms with Crippen LogP contribution in [0.4, 0.5) is 5.69 Å². The Morgan fingerprint density at radius 1 is 0.882 bits per heavy atom. The van der Waals surface area contributed by atoms with Crippen molar-refractivity contribution in [2.24, 2.45) is 7.05 Å². The quantitative estimate of drug-likeness (QED) is 0.406. The highest BCUT2D eigenvalue weighted by Crippen LogP contribution is 2.27. The number of pyridine rings is 1. The zero-order valence-electron chi connectivity index (χ0n) is 18.7. The molecule has 6 rings (SSSR count). The average molecular weight is 448 g/mol. The molecule has 6 aromatic rings. The molecule has 4 aromatic heterocycles. The molecule has 0 fully saturated rings. The number of nitrogen functional groups attached to an aromatic ring is 1. The zero-order valence-corrected chi connectivity index (χ0v) is 18.7. The van der Waals surface area contributed by atoms with Crippen LogP contribution in [-0.2, 0) is 7.05 Å². The van der Waals surface area contributed by atoms with Crippen LogP contribution in [0.25, 0.3) is 44.7 Å². The van der Waals surface area contributed by atoms with Crippen LogP contribution in [0.3, 0.4) is 0 Å². The Labute approximate surface area is 194 Å². The summed E-state index contributed by atoms with van der Waals surface area (Å²) < 4.78 is 3.58. The Bertz CT molecular complexity index is 1650. The van der Waals surface area contributed by atoms with Gasteiger partial charge in [0.1, 0.15) is 0 Å². The molecule has 9 heteroatoms. The van der Waals surface area contributed by atoms with E-state index in [0.29, 0.717) is 17.0 Å². The molecule has 9 nitrogen and oxygen atoms in total. The highest BCUT2D eigenvalue weighted by molar-refractivity contribution is 5.82. The lowest BCUT2D eigenvalue weighted by molar-refractivity contribution is 0.556. The number of aryl methyl sites for hydroxylation is 1. The predicted molar refractivity (Wildman–Crippen MR) is 131 cm³/mol. The fourth-order valence-electron chi connectivity index (χ4n) is 4.04. The van der Waals surface area contributed by atoms with Crippen LogP contribution in [0.1, 0.15) is 18.5 Å². The van der Waals surface area contributed by atoms with E-state index >= 15 is 0 Å². The molecule has 2 N–H and O–H groups in total. The molecular weight excluding hydrogens is 426 g/mol. The molecule has 0 aliphatic rings. The van der Waals surface area contributed by atoms with Crippen molar-refractivity contribution in [1.82, 2.24) is 39.7 Å². The number of aromatic nitrogens is 8. The van der Waals surface area contributed by atoms with Gasteiger partial charge in [0.15, 0.2) is 5.65 Å². The van der Waals surface area contributed by atoms with E-state index in [0.717, 1.165) is 39.0 Å². The van der Waals surface area contributed by atoms with Gasteiger partial charge in [0.05, 0.1) is 35.3 Å². The SMILES string of the molecule is CC(c1ccc2nc(-c3cnn(C)c3)ccc2c1)n1nnc2ncc(-c3ccc(N)cc3)nc21. The van der Waals surface area contributed by atoms with Gasteiger partial charge in [-0.05, 0) is 42.8 Å². The molecule has 1 unspecified atom stereocenters. The molecule has 4 heterocycles. The summed E-state index contributed by atoms with van der Waals surface area (Å²) in [5.41, 5.74) is 13.2. The highest BCUT2D eigenvalue weighted by atomic mass is 15.5. The van der Waals surface area contributed by atoms with Crippen molar-refractivity contribution in [2.75, 3.05) is 5.73 Å². The molecule has 34 heavy (non-hydrogen) atoms. The monoisotopic (exact) mass is 447 g/mol. The van der Waals surface area contributed by atoms with Crippen LogP contribution >= 0.6 is 0 Å². The standard InChI is InChI=1S/C25H21N9/c1-15(17-5-9-21-18(11-17)6-10-22(29-21)19-12-28-33(2)14-19)34-25-24(31-32-34)27-13-23(30-25)16-3-7-20(26)8-4-16/h3-15H,26H2,1-2H3. The Kier molecular flexibility index (Phi) is 4.54. The topological polar surface area (TPSA) is 113 Å². The van der Waals surface area contributed by atoms with Crippen LogP contribution in [0.15, 0.2) is 73.2 Å². The maximum absolute atomic E-state index is 5.82. The van der Waals surface area contributed by atoms with Crippen molar-refractivity contribution in [2.45, 2.75) is 13.0 Å². The van der Waals surface area contributed by atoms with Crippen molar-refractivity contribution in [3.63, 3.8) is 0 Å². The molecule has 0 radical (unpaired) electrons. The average Bonchev–Trinajstić information content (AvgIpc) is 3.49. The van der Waals surface area contributed by atoms with E-state index in [4.69, 9.17) is 15.7 Å². The van der Waals surface area contributed by atoms with E-state index in [-0.39, 0.29) is 6.04 Å². The lowest BCUT2D eigenvalue weighted by Gasteiger charge is -2.13. The number of nitrogens with two attached hydrogens (primary N) is 1. The summed E-state index contributed by atoms with van der Waals surface area (Å²) in [5, 5.41) is 13.9. The molecule has 0 aliphatic carbocycles. The van der Waals surface area contributed by atoms with Crippen molar-refractivity contribution in [3.8, 4) is 22.5 Å². The van der Waals surface area contributed by atoms with Crippen LogP contribution in [0.5, 0.6) is 0 Å². The zero-order chi connectivity index (χ0) is 23.2. The lowest BCUT2D eigenvalue weighted by atomic mass is 10.0. The summed E-state index contributed by atoms with van der Waals surface area (Å²) in [4.78, 5) is 14.1. The minimum Gasteiger partial charge on any atom is -0.399 e. The second-order valence-corrected chi connectivity index (χ2v) is 8.29. The van der Waals surface area contributed by atoms with Gasteiger partial charge in [-0.1, -0.05) is 29.5 Å². The van der Waals surface area contributed by atoms with E-state index in [1.807, 2.05) is 60.5 Å². The molecule has 0 saturated heterocycles. The van der Waals surface area contributed by atoms with Gasteiger partial charge in [0.25, 0.3) is 0 Å². The number of anilines is 1. The maximum atomic E-state index is 5.82. The van der Waals surface area contributed by atoms with Gasteiger partial charge >= 0.3 is 0 Å². The van der Waals surface area contributed by atoms with Crippen LogP contribution < -0.4 is 5.73 Å². The Morgan fingerprint density at radius 3 is 2.53 bits per heavy atom. The molecule has 0 saturated carbocycles. The van der Waals surface area contributed by atoms with Crippen molar-refractivity contribution >= 4 is 27.9 Å². The first kappa shape index (κ1) is 20.0. The smallest absolute Gasteiger partial charge is 0.221 e. The second-order valence-electron chi connectivity index (χ2n) is 8.29. The van der Waals surface area contributed by atoms with Gasteiger partial charge in [0, 0.05) is 35.4 Å². The third kappa shape index (κ3) is 3.43. The van der Waals surface area contributed by atoms with Crippen LogP contribution in [-0.4, -0.2) is 39.7 Å².